The van der Waals surface area contributed by atoms with E-state index in [1.807, 2.05) is 13.0 Å². The van der Waals surface area contributed by atoms with Crippen molar-refractivity contribution in [3.05, 3.63) is 48.2 Å². The number of aromatic nitrogens is 4. The van der Waals surface area contributed by atoms with Gasteiger partial charge >= 0.3 is 6.01 Å². The van der Waals surface area contributed by atoms with E-state index in [4.69, 9.17) is 9.72 Å². The average Bonchev–Trinajstić information content (AvgIpc) is 3.15. The van der Waals surface area contributed by atoms with Gasteiger partial charge in [-0.25, -0.2) is 14.4 Å². The highest BCUT2D eigenvalue weighted by atomic mass is 19.1. The van der Waals surface area contributed by atoms with Crippen molar-refractivity contribution in [2.45, 2.75) is 25.7 Å². The number of H-pyrrole nitrogens is 1. The Bertz CT molecular complexity index is 903. The molecule has 140 valence electrons. The zero-order valence-electron chi connectivity index (χ0n) is 15.2. The number of piperidine rings is 1. The van der Waals surface area contributed by atoms with Crippen LogP contribution in [0, 0.1) is 5.82 Å². The van der Waals surface area contributed by atoms with E-state index in [9.17, 15) is 4.39 Å². The lowest BCUT2D eigenvalue weighted by molar-refractivity contribution is 0.313. The van der Waals surface area contributed by atoms with Gasteiger partial charge in [0.05, 0.1) is 23.7 Å². The molecule has 2 aromatic heterocycles. The molecule has 1 fully saturated rings. The van der Waals surface area contributed by atoms with Crippen molar-refractivity contribution >= 4 is 0 Å². The van der Waals surface area contributed by atoms with E-state index in [0.717, 1.165) is 48.7 Å². The molecule has 1 aliphatic heterocycles. The second-order valence-electron chi connectivity index (χ2n) is 6.53. The highest BCUT2D eigenvalue weighted by Gasteiger charge is 2.23. The Morgan fingerprint density at radius 3 is 2.63 bits per heavy atom. The fourth-order valence-electron chi connectivity index (χ4n) is 3.36. The number of nitrogens with zero attached hydrogens (tertiary/aromatic N) is 3. The number of imidazole rings is 1. The van der Waals surface area contributed by atoms with Crippen molar-refractivity contribution in [3.63, 3.8) is 0 Å². The third kappa shape index (κ3) is 3.83. The average molecular weight is 367 g/mol. The van der Waals surface area contributed by atoms with Gasteiger partial charge in [0.1, 0.15) is 11.6 Å². The molecule has 27 heavy (non-hydrogen) atoms. The van der Waals surface area contributed by atoms with Crippen LogP contribution in [0.1, 0.15) is 31.5 Å². The minimum atomic E-state index is -0.268. The van der Waals surface area contributed by atoms with Crippen molar-refractivity contribution in [2.24, 2.45) is 0 Å². The Balaban J connectivity index is 1.79. The molecule has 3 aromatic rings. The molecule has 1 saturated heterocycles. The normalized spacial score (nSPS) is 15.0. The fraction of sp³-hybridized carbons (Fsp3) is 0.350. The fourth-order valence-corrected chi connectivity index (χ4v) is 3.36. The van der Waals surface area contributed by atoms with Crippen LogP contribution in [0.5, 0.6) is 6.01 Å². The van der Waals surface area contributed by atoms with Crippen molar-refractivity contribution in [1.82, 2.24) is 25.3 Å². The molecule has 0 unspecified atom stereocenters. The number of hydrogen-bond acceptors (Lipinski definition) is 5. The molecule has 0 aliphatic carbocycles. The summed E-state index contributed by atoms with van der Waals surface area (Å²) in [4.78, 5) is 17.0. The van der Waals surface area contributed by atoms with Gasteiger partial charge in [0.2, 0.25) is 0 Å². The van der Waals surface area contributed by atoms with Crippen LogP contribution in [0.15, 0.2) is 36.5 Å². The second-order valence-corrected chi connectivity index (χ2v) is 6.53. The smallest absolute Gasteiger partial charge is 0.316 e. The molecule has 1 aliphatic rings. The van der Waals surface area contributed by atoms with Crippen LogP contribution < -0.4 is 10.1 Å². The topological polar surface area (TPSA) is 75.7 Å². The SMILES string of the molecule is CCOc1nccc(-c2[nH]c(C3CCNCC3)nc2-c2ccc(F)cc2)n1. The van der Waals surface area contributed by atoms with Gasteiger partial charge in [-0.3, -0.25) is 0 Å². The molecule has 0 bridgehead atoms. The lowest BCUT2D eigenvalue weighted by Crippen LogP contribution is -2.27. The van der Waals surface area contributed by atoms with E-state index in [-0.39, 0.29) is 5.82 Å². The molecule has 1 aromatic carbocycles. The van der Waals surface area contributed by atoms with E-state index >= 15 is 0 Å². The van der Waals surface area contributed by atoms with Gasteiger partial charge in [-0.1, -0.05) is 0 Å². The number of benzene rings is 1. The van der Waals surface area contributed by atoms with Crippen LogP contribution in [-0.2, 0) is 0 Å². The lowest BCUT2D eigenvalue weighted by atomic mass is 9.98. The molecular weight excluding hydrogens is 345 g/mol. The summed E-state index contributed by atoms with van der Waals surface area (Å²) in [5, 5.41) is 3.38. The number of rotatable bonds is 5. The Hall–Kier alpha value is -2.80. The first-order valence-electron chi connectivity index (χ1n) is 9.27. The minimum Gasteiger partial charge on any atom is -0.464 e. The maximum absolute atomic E-state index is 13.4. The Morgan fingerprint density at radius 1 is 1.11 bits per heavy atom. The first-order valence-corrected chi connectivity index (χ1v) is 9.27. The van der Waals surface area contributed by atoms with Crippen molar-refractivity contribution in [1.29, 1.82) is 0 Å². The lowest BCUT2D eigenvalue weighted by Gasteiger charge is -2.20. The number of ether oxygens (including phenoxy) is 1. The molecule has 0 saturated carbocycles. The molecule has 0 radical (unpaired) electrons. The van der Waals surface area contributed by atoms with Gasteiger partial charge in [0, 0.05) is 17.7 Å². The highest BCUT2D eigenvalue weighted by Crippen LogP contribution is 2.33. The van der Waals surface area contributed by atoms with Crippen molar-refractivity contribution < 1.29 is 9.13 Å². The summed E-state index contributed by atoms with van der Waals surface area (Å²) < 4.78 is 18.8. The van der Waals surface area contributed by atoms with Crippen molar-refractivity contribution in [2.75, 3.05) is 19.7 Å². The third-order valence-corrected chi connectivity index (χ3v) is 4.73. The van der Waals surface area contributed by atoms with Gasteiger partial charge in [-0.15, -0.1) is 0 Å². The van der Waals surface area contributed by atoms with Crippen LogP contribution in [-0.4, -0.2) is 39.6 Å². The summed E-state index contributed by atoms with van der Waals surface area (Å²) in [5.74, 6) is 1.05. The Kier molecular flexibility index (Phi) is 5.11. The molecule has 0 spiro atoms. The van der Waals surface area contributed by atoms with E-state index < -0.39 is 0 Å². The summed E-state index contributed by atoms with van der Waals surface area (Å²) in [5.41, 5.74) is 3.13. The largest absolute Gasteiger partial charge is 0.464 e. The standard InChI is InChI=1S/C20H22FN5O/c1-2-27-20-23-12-9-16(24-20)18-17(13-3-5-15(21)6-4-13)25-19(26-18)14-7-10-22-11-8-14/h3-6,9,12,14,22H,2,7-8,10-11H2,1H3,(H,25,26). The van der Waals surface area contributed by atoms with Gasteiger partial charge < -0.3 is 15.0 Å². The highest BCUT2D eigenvalue weighted by molar-refractivity contribution is 5.76. The predicted molar refractivity (Wildman–Crippen MR) is 101 cm³/mol. The Labute approximate surface area is 157 Å². The zero-order valence-corrected chi connectivity index (χ0v) is 15.2. The third-order valence-electron chi connectivity index (χ3n) is 4.73. The summed E-state index contributed by atoms with van der Waals surface area (Å²) in [7, 11) is 0. The van der Waals surface area contributed by atoms with Crippen LogP contribution >= 0.6 is 0 Å². The summed E-state index contributed by atoms with van der Waals surface area (Å²) in [6, 6.07) is 8.54. The quantitative estimate of drug-likeness (QED) is 0.721. The van der Waals surface area contributed by atoms with E-state index in [0.29, 0.717) is 24.2 Å². The second kappa shape index (κ2) is 7.84. The number of hydrogen-bond donors (Lipinski definition) is 2. The molecule has 3 heterocycles. The van der Waals surface area contributed by atoms with Crippen LogP contribution in [0.4, 0.5) is 4.39 Å². The molecule has 4 rings (SSSR count). The van der Waals surface area contributed by atoms with Crippen LogP contribution in [0.2, 0.25) is 0 Å². The number of halogens is 1. The van der Waals surface area contributed by atoms with Crippen LogP contribution in [0.3, 0.4) is 0 Å². The van der Waals surface area contributed by atoms with Gasteiger partial charge in [-0.2, -0.15) is 4.98 Å². The maximum Gasteiger partial charge on any atom is 0.316 e. The summed E-state index contributed by atoms with van der Waals surface area (Å²) >= 11 is 0. The van der Waals surface area contributed by atoms with Gasteiger partial charge in [0.15, 0.2) is 0 Å². The number of nitrogens with one attached hydrogen (secondary N) is 2. The molecule has 0 amide bonds. The predicted octanol–water partition coefficient (Wildman–Crippen LogP) is 3.54. The molecule has 0 atom stereocenters. The first kappa shape index (κ1) is 17.6. The number of aromatic amines is 1. The first-order chi connectivity index (χ1) is 13.2. The minimum absolute atomic E-state index is 0.268. The van der Waals surface area contributed by atoms with Crippen molar-refractivity contribution in [3.8, 4) is 28.7 Å². The Morgan fingerprint density at radius 2 is 1.89 bits per heavy atom. The van der Waals surface area contributed by atoms with E-state index in [1.165, 1.54) is 12.1 Å². The van der Waals surface area contributed by atoms with Gasteiger partial charge in [-0.05, 0) is 63.2 Å². The maximum atomic E-state index is 13.4. The van der Waals surface area contributed by atoms with E-state index in [1.54, 1.807) is 18.3 Å². The monoisotopic (exact) mass is 367 g/mol. The molecule has 6 nitrogen and oxygen atoms in total. The van der Waals surface area contributed by atoms with Gasteiger partial charge in [0.25, 0.3) is 0 Å². The van der Waals surface area contributed by atoms with E-state index in [2.05, 4.69) is 20.3 Å². The molecular formula is C20H22FN5O. The summed E-state index contributed by atoms with van der Waals surface area (Å²) in [6.45, 7) is 4.35. The molecule has 2 N–H and O–H groups in total. The molecule has 7 heteroatoms. The zero-order chi connectivity index (χ0) is 18.6. The van der Waals surface area contributed by atoms with Crippen LogP contribution in [0.25, 0.3) is 22.6 Å². The summed E-state index contributed by atoms with van der Waals surface area (Å²) in [6.07, 6.45) is 3.74.